The fraction of sp³-hybridized carbons (Fsp3) is 0.176. The molecular weight excluding hydrogens is 325 g/mol. The third-order valence-electron chi connectivity index (χ3n) is 3.36. The fourth-order valence-corrected chi connectivity index (χ4v) is 2.25. The van der Waals surface area contributed by atoms with E-state index in [2.05, 4.69) is 9.47 Å². The maximum Gasteiger partial charge on any atom is 0.417 e. The molecule has 2 aromatic carbocycles. The van der Waals surface area contributed by atoms with Crippen molar-refractivity contribution in [3.63, 3.8) is 0 Å². The maximum absolute atomic E-state index is 13.3. The predicted molar refractivity (Wildman–Crippen MR) is 79.6 cm³/mol. The van der Waals surface area contributed by atoms with Crippen LogP contribution in [0.3, 0.4) is 0 Å². The summed E-state index contributed by atoms with van der Waals surface area (Å²) in [6.45, 7) is 0. The SMILES string of the molecule is COC(=O)c1cc(C(=O)OC)c(C(F)(F)F)cc1-c1ccccc1. The topological polar surface area (TPSA) is 52.6 Å². The van der Waals surface area contributed by atoms with E-state index in [4.69, 9.17) is 0 Å². The molecule has 0 spiro atoms. The second kappa shape index (κ2) is 6.74. The van der Waals surface area contributed by atoms with Gasteiger partial charge in [-0.05, 0) is 23.3 Å². The fourth-order valence-electron chi connectivity index (χ4n) is 2.25. The minimum atomic E-state index is -4.79. The normalized spacial score (nSPS) is 11.0. The molecule has 0 aliphatic carbocycles. The Balaban J connectivity index is 2.83. The Kier molecular flexibility index (Phi) is 4.92. The van der Waals surface area contributed by atoms with E-state index in [0.29, 0.717) is 5.56 Å². The zero-order valence-electron chi connectivity index (χ0n) is 12.8. The van der Waals surface area contributed by atoms with Gasteiger partial charge in [-0.25, -0.2) is 9.59 Å². The second-order valence-electron chi connectivity index (χ2n) is 4.79. The van der Waals surface area contributed by atoms with E-state index in [1.54, 1.807) is 30.3 Å². The van der Waals surface area contributed by atoms with Crippen molar-refractivity contribution in [1.82, 2.24) is 0 Å². The molecule has 0 aromatic heterocycles. The third-order valence-corrected chi connectivity index (χ3v) is 3.36. The van der Waals surface area contributed by atoms with Crippen LogP contribution in [0.15, 0.2) is 42.5 Å². The molecule has 0 aliphatic heterocycles. The Labute approximate surface area is 135 Å². The molecule has 0 unspecified atom stereocenters. The van der Waals surface area contributed by atoms with Crippen molar-refractivity contribution >= 4 is 11.9 Å². The molecule has 0 fully saturated rings. The first-order valence-electron chi connectivity index (χ1n) is 6.77. The number of hydrogen-bond acceptors (Lipinski definition) is 4. The number of methoxy groups -OCH3 is 2. The van der Waals surface area contributed by atoms with Gasteiger partial charge in [0.05, 0.1) is 30.9 Å². The summed E-state index contributed by atoms with van der Waals surface area (Å²) in [5.74, 6) is -2.04. The molecule has 0 atom stereocenters. The quantitative estimate of drug-likeness (QED) is 0.796. The van der Waals surface area contributed by atoms with Crippen molar-refractivity contribution in [2.24, 2.45) is 0 Å². The van der Waals surface area contributed by atoms with Crippen LogP contribution in [-0.2, 0) is 15.7 Å². The summed E-state index contributed by atoms with van der Waals surface area (Å²) in [5.41, 5.74) is -1.68. The molecule has 0 radical (unpaired) electrons. The monoisotopic (exact) mass is 338 g/mol. The highest BCUT2D eigenvalue weighted by Gasteiger charge is 2.37. The van der Waals surface area contributed by atoms with Crippen LogP contribution in [0, 0.1) is 0 Å². The number of carbonyl (C=O) groups excluding carboxylic acids is 2. The van der Waals surface area contributed by atoms with Gasteiger partial charge < -0.3 is 9.47 Å². The van der Waals surface area contributed by atoms with Crippen LogP contribution in [0.5, 0.6) is 0 Å². The average Bonchev–Trinajstić information content (AvgIpc) is 2.59. The van der Waals surface area contributed by atoms with Crippen molar-refractivity contribution in [1.29, 1.82) is 0 Å². The van der Waals surface area contributed by atoms with Crippen LogP contribution in [-0.4, -0.2) is 26.2 Å². The molecule has 2 rings (SSSR count). The summed E-state index contributed by atoms with van der Waals surface area (Å²) >= 11 is 0. The number of alkyl halides is 3. The summed E-state index contributed by atoms with van der Waals surface area (Å²) in [5, 5.41) is 0. The van der Waals surface area contributed by atoms with E-state index in [1.165, 1.54) is 0 Å². The largest absolute Gasteiger partial charge is 0.465 e. The van der Waals surface area contributed by atoms with Crippen molar-refractivity contribution < 1.29 is 32.2 Å². The average molecular weight is 338 g/mol. The predicted octanol–water partition coefficient (Wildman–Crippen LogP) is 3.95. The molecule has 0 heterocycles. The van der Waals surface area contributed by atoms with Crippen LogP contribution in [0.4, 0.5) is 13.2 Å². The Morgan fingerprint density at radius 3 is 1.92 bits per heavy atom. The van der Waals surface area contributed by atoms with Gasteiger partial charge in [0, 0.05) is 0 Å². The summed E-state index contributed by atoms with van der Waals surface area (Å²) in [6, 6.07) is 9.65. The van der Waals surface area contributed by atoms with Crippen LogP contribution >= 0.6 is 0 Å². The van der Waals surface area contributed by atoms with E-state index >= 15 is 0 Å². The van der Waals surface area contributed by atoms with Crippen molar-refractivity contribution in [3.05, 3.63) is 59.2 Å². The van der Waals surface area contributed by atoms with Crippen molar-refractivity contribution in [2.45, 2.75) is 6.18 Å². The molecule has 0 aliphatic rings. The lowest BCUT2D eigenvalue weighted by Crippen LogP contribution is -2.17. The van der Waals surface area contributed by atoms with Gasteiger partial charge in [-0.1, -0.05) is 30.3 Å². The second-order valence-corrected chi connectivity index (χ2v) is 4.79. The Hall–Kier alpha value is -2.83. The molecule has 0 amide bonds. The number of carbonyl (C=O) groups is 2. The van der Waals surface area contributed by atoms with Crippen LogP contribution in [0.25, 0.3) is 11.1 Å². The molecule has 0 saturated heterocycles. The first-order chi connectivity index (χ1) is 11.3. The molecule has 0 bridgehead atoms. The highest BCUT2D eigenvalue weighted by molar-refractivity contribution is 6.01. The van der Waals surface area contributed by atoms with Crippen LogP contribution in [0.2, 0.25) is 0 Å². The van der Waals surface area contributed by atoms with Crippen LogP contribution < -0.4 is 0 Å². The molecule has 7 heteroatoms. The first kappa shape index (κ1) is 17.5. The van der Waals surface area contributed by atoms with E-state index in [1.807, 2.05) is 0 Å². The smallest absolute Gasteiger partial charge is 0.417 e. The maximum atomic E-state index is 13.3. The van der Waals surface area contributed by atoms with E-state index in [9.17, 15) is 22.8 Å². The van der Waals surface area contributed by atoms with Gasteiger partial charge in [-0.3, -0.25) is 0 Å². The first-order valence-corrected chi connectivity index (χ1v) is 6.77. The number of ether oxygens (including phenoxy) is 2. The van der Waals surface area contributed by atoms with E-state index < -0.39 is 29.2 Å². The number of rotatable bonds is 3. The molecule has 2 aromatic rings. The lowest BCUT2D eigenvalue weighted by molar-refractivity contribution is -0.138. The minimum absolute atomic E-state index is 0.0161. The number of hydrogen-bond donors (Lipinski definition) is 0. The third kappa shape index (κ3) is 3.40. The Morgan fingerprint density at radius 2 is 1.42 bits per heavy atom. The zero-order valence-corrected chi connectivity index (χ0v) is 12.8. The Morgan fingerprint density at radius 1 is 0.875 bits per heavy atom. The molecule has 24 heavy (non-hydrogen) atoms. The lowest BCUT2D eigenvalue weighted by atomic mass is 9.93. The molecule has 0 N–H and O–H groups in total. The standard InChI is InChI=1S/C17H13F3O4/c1-23-15(21)12-8-13(16(22)24-2)14(17(18,19)20)9-11(12)10-6-4-3-5-7-10/h3-9H,1-2H3. The van der Waals surface area contributed by atoms with Gasteiger partial charge in [0.2, 0.25) is 0 Å². The lowest BCUT2D eigenvalue weighted by Gasteiger charge is -2.16. The summed E-state index contributed by atoms with van der Waals surface area (Å²) < 4.78 is 49.0. The molecule has 4 nitrogen and oxygen atoms in total. The van der Waals surface area contributed by atoms with Gasteiger partial charge >= 0.3 is 18.1 Å². The van der Waals surface area contributed by atoms with Gasteiger partial charge in [0.25, 0.3) is 0 Å². The molecular formula is C17H13F3O4. The number of halogens is 3. The number of benzene rings is 2. The highest BCUT2D eigenvalue weighted by atomic mass is 19.4. The summed E-state index contributed by atoms with van der Waals surface area (Å²) in [7, 11) is 2.07. The molecule has 126 valence electrons. The molecule has 0 saturated carbocycles. The Bertz CT molecular complexity index is 767. The van der Waals surface area contributed by atoms with Gasteiger partial charge in [0.1, 0.15) is 0 Å². The van der Waals surface area contributed by atoms with Crippen molar-refractivity contribution in [2.75, 3.05) is 14.2 Å². The van der Waals surface area contributed by atoms with E-state index in [-0.39, 0.29) is 11.1 Å². The summed E-state index contributed by atoms with van der Waals surface area (Å²) in [6.07, 6.45) is -4.79. The van der Waals surface area contributed by atoms with Gasteiger partial charge in [-0.15, -0.1) is 0 Å². The van der Waals surface area contributed by atoms with Gasteiger partial charge in [-0.2, -0.15) is 13.2 Å². The highest BCUT2D eigenvalue weighted by Crippen LogP contribution is 2.37. The van der Waals surface area contributed by atoms with E-state index in [0.717, 1.165) is 26.4 Å². The van der Waals surface area contributed by atoms with Crippen molar-refractivity contribution in [3.8, 4) is 11.1 Å². The zero-order chi connectivity index (χ0) is 17.9. The van der Waals surface area contributed by atoms with Crippen LogP contribution in [0.1, 0.15) is 26.3 Å². The van der Waals surface area contributed by atoms with Gasteiger partial charge in [0.15, 0.2) is 0 Å². The minimum Gasteiger partial charge on any atom is -0.465 e. The summed E-state index contributed by atoms with van der Waals surface area (Å²) in [4.78, 5) is 23.7. The number of esters is 2.